The van der Waals surface area contributed by atoms with Gasteiger partial charge < -0.3 is 9.47 Å². The van der Waals surface area contributed by atoms with Crippen LogP contribution < -0.4 is 5.32 Å². The van der Waals surface area contributed by atoms with Gasteiger partial charge >= 0.3 is 11.9 Å². The van der Waals surface area contributed by atoms with Gasteiger partial charge in [0.15, 0.2) is 0 Å². The molecule has 3 saturated heterocycles. The molecule has 2 saturated carbocycles. The van der Waals surface area contributed by atoms with Crippen molar-refractivity contribution < 1.29 is 19.1 Å². The summed E-state index contributed by atoms with van der Waals surface area (Å²) in [6.45, 7) is 0. The van der Waals surface area contributed by atoms with Gasteiger partial charge in [0.2, 0.25) is 0 Å². The number of nitrogens with zero attached hydrogens (tertiary/aromatic N) is 1. The number of hydrogen-bond acceptors (Lipinski definition) is 6. The van der Waals surface area contributed by atoms with Crippen LogP contribution in [0.4, 0.5) is 0 Å². The monoisotopic (exact) mass is 444 g/mol. The van der Waals surface area contributed by atoms with E-state index in [2.05, 4.69) is 41.5 Å². The molecule has 0 amide bonds. The lowest BCUT2D eigenvalue weighted by molar-refractivity contribution is -0.229. The number of likely N-dealkylation sites (tertiary alicyclic amines) is 1. The van der Waals surface area contributed by atoms with Crippen LogP contribution in [0.1, 0.15) is 29.4 Å². The van der Waals surface area contributed by atoms with Gasteiger partial charge in [0.1, 0.15) is 5.41 Å². The molecule has 7 rings (SSSR count). The number of carbonyl (C=O) groups excluding carboxylic acids is 2. The zero-order valence-electron chi connectivity index (χ0n) is 19.0. The van der Waals surface area contributed by atoms with Crippen LogP contribution in [0.3, 0.4) is 0 Å². The molecule has 6 heteroatoms. The summed E-state index contributed by atoms with van der Waals surface area (Å²) in [4.78, 5) is 29.9. The molecule has 5 fully saturated rings. The zero-order chi connectivity index (χ0) is 22.8. The average Bonchev–Trinajstić information content (AvgIpc) is 3.31. The molecule has 1 spiro atoms. The van der Waals surface area contributed by atoms with Crippen molar-refractivity contribution in [2.45, 2.75) is 36.0 Å². The largest absolute Gasteiger partial charge is 0.469 e. The molecule has 3 aliphatic heterocycles. The molecule has 9 atom stereocenters. The standard InChI is InChI=1S/C27H28N2O4/c1-29-22-18-17-20(16-12-8-5-9-13-16)27(22,24(31)33-3)26(29)14-25(21(17)28-26,23(30)32-2)19(18)15-10-6-4-7-11-15/h4-13,17-22,28H,14H2,1-3H3/t17-,18-,19?,20?,21+,22+,25+,26+,27-/m1/s1. The summed E-state index contributed by atoms with van der Waals surface area (Å²) in [5.74, 6) is -0.0914. The van der Waals surface area contributed by atoms with Crippen molar-refractivity contribution in [2.75, 3.05) is 21.3 Å². The van der Waals surface area contributed by atoms with E-state index >= 15 is 0 Å². The smallest absolute Gasteiger partial charge is 0.317 e. The Morgan fingerprint density at radius 1 is 0.879 bits per heavy atom. The quantitative estimate of drug-likeness (QED) is 0.731. The zero-order valence-corrected chi connectivity index (χ0v) is 19.0. The lowest BCUT2D eigenvalue weighted by Gasteiger charge is -2.68. The Labute approximate surface area is 193 Å². The fourth-order valence-corrected chi connectivity index (χ4v) is 9.55. The maximum absolute atomic E-state index is 13.8. The number of carbonyl (C=O) groups is 2. The second kappa shape index (κ2) is 6.05. The summed E-state index contributed by atoms with van der Waals surface area (Å²) < 4.78 is 11.1. The van der Waals surface area contributed by atoms with Crippen molar-refractivity contribution in [3.05, 3.63) is 71.8 Å². The third kappa shape index (κ3) is 1.76. The van der Waals surface area contributed by atoms with Gasteiger partial charge in [-0.15, -0.1) is 0 Å². The SMILES string of the molecule is COC(=O)[C@]12C[C@@]34N[C@H]1[C@H]1C(c5ccccc5)[C@]3(C(=O)OC)[C@H]([C@H]1C2c1ccccc1)N4C. The van der Waals surface area contributed by atoms with E-state index in [0.717, 1.165) is 5.56 Å². The summed E-state index contributed by atoms with van der Waals surface area (Å²) in [5.41, 5.74) is 0.252. The molecule has 2 aromatic carbocycles. The molecule has 0 aromatic heterocycles. The Bertz CT molecular complexity index is 1130. The van der Waals surface area contributed by atoms with Crippen LogP contribution in [0.5, 0.6) is 0 Å². The lowest BCUT2D eigenvalue weighted by atomic mass is 9.54. The van der Waals surface area contributed by atoms with E-state index in [1.165, 1.54) is 19.8 Å². The highest BCUT2D eigenvalue weighted by molar-refractivity contribution is 5.90. The van der Waals surface area contributed by atoms with Crippen LogP contribution in [0.25, 0.3) is 0 Å². The number of nitrogens with one attached hydrogen (secondary N) is 1. The number of fused-ring (bicyclic) bond motifs is 1. The second-order valence-electron chi connectivity index (χ2n) is 10.5. The number of rotatable bonds is 4. The fourth-order valence-electron chi connectivity index (χ4n) is 9.55. The van der Waals surface area contributed by atoms with Gasteiger partial charge in [0.05, 0.1) is 25.3 Å². The second-order valence-corrected chi connectivity index (χ2v) is 10.5. The maximum Gasteiger partial charge on any atom is 0.317 e. The molecular formula is C27H28N2O4. The first-order valence-electron chi connectivity index (χ1n) is 11.8. The molecule has 0 radical (unpaired) electrons. The normalized spacial score (nSPS) is 45.7. The Morgan fingerprint density at radius 2 is 1.45 bits per heavy atom. The summed E-state index contributed by atoms with van der Waals surface area (Å²) in [6.07, 6.45) is 0.551. The maximum atomic E-state index is 13.8. The highest BCUT2D eigenvalue weighted by Gasteiger charge is 2.96. The Balaban J connectivity index is 1.55. The molecule has 170 valence electrons. The van der Waals surface area contributed by atoms with Crippen LogP contribution in [0.15, 0.2) is 60.7 Å². The molecular weight excluding hydrogens is 416 g/mol. The van der Waals surface area contributed by atoms with Gasteiger partial charge in [-0.1, -0.05) is 60.7 Å². The van der Waals surface area contributed by atoms with E-state index < -0.39 is 16.5 Å². The summed E-state index contributed by atoms with van der Waals surface area (Å²) >= 11 is 0. The first-order chi connectivity index (χ1) is 16.0. The first kappa shape index (κ1) is 19.7. The summed E-state index contributed by atoms with van der Waals surface area (Å²) in [5, 5.41) is 3.87. The van der Waals surface area contributed by atoms with E-state index in [1.807, 2.05) is 36.4 Å². The van der Waals surface area contributed by atoms with Crippen molar-refractivity contribution in [3.63, 3.8) is 0 Å². The van der Waals surface area contributed by atoms with Crippen LogP contribution in [-0.2, 0) is 19.1 Å². The molecule has 2 unspecified atom stereocenters. The van der Waals surface area contributed by atoms with Crippen LogP contribution in [0.2, 0.25) is 0 Å². The molecule has 5 aliphatic rings. The molecule has 6 nitrogen and oxygen atoms in total. The average molecular weight is 445 g/mol. The molecule has 33 heavy (non-hydrogen) atoms. The molecule has 3 heterocycles. The molecule has 1 N–H and O–H groups in total. The first-order valence-corrected chi connectivity index (χ1v) is 11.8. The Hall–Kier alpha value is -2.70. The number of benzene rings is 2. The Kier molecular flexibility index (Phi) is 3.62. The lowest BCUT2D eigenvalue weighted by Crippen LogP contribution is -2.86. The molecule has 4 bridgehead atoms. The van der Waals surface area contributed by atoms with Crippen molar-refractivity contribution in [2.24, 2.45) is 22.7 Å². The van der Waals surface area contributed by atoms with Gasteiger partial charge in [-0.2, -0.15) is 0 Å². The third-order valence-electron chi connectivity index (χ3n) is 10.1. The van der Waals surface area contributed by atoms with E-state index in [9.17, 15) is 9.59 Å². The number of esters is 2. The van der Waals surface area contributed by atoms with Gasteiger partial charge in [-0.25, -0.2) is 0 Å². The van der Waals surface area contributed by atoms with Crippen LogP contribution in [-0.4, -0.2) is 55.9 Å². The van der Waals surface area contributed by atoms with Gasteiger partial charge in [0.25, 0.3) is 0 Å². The summed E-state index contributed by atoms with van der Waals surface area (Å²) in [7, 11) is 5.10. The number of ether oxygens (including phenoxy) is 2. The molecule has 2 aliphatic carbocycles. The number of methoxy groups -OCH3 is 2. The van der Waals surface area contributed by atoms with Crippen molar-refractivity contribution in [3.8, 4) is 0 Å². The summed E-state index contributed by atoms with van der Waals surface area (Å²) in [6, 6.07) is 20.7. The third-order valence-corrected chi connectivity index (χ3v) is 10.1. The minimum Gasteiger partial charge on any atom is -0.469 e. The van der Waals surface area contributed by atoms with Crippen molar-refractivity contribution >= 4 is 11.9 Å². The topological polar surface area (TPSA) is 67.9 Å². The van der Waals surface area contributed by atoms with Gasteiger partial charge in [-0.05, 0) is 36.4 Å². The van der Waals surface area contributed by atoms with E-state index in [0.29, 0.717) is 6.42 Å². The highest BCUT2D eigenvalue weighted by atomic mass is 16.5. The van der Waals surface area contributed by atoms with Crippen molar-refractivity contribution in [1.29, 1.82) is 0 Å². The van der Waals surface area contributed by atoms with Gasteiger partial charge in [-0.3, -0.25) is 19.8 Å². The van der Waals surface area contributed by atoms with E-state index in [4.69, 9.17) is 9.47 Å². The highest BCUT2D eigenvalue weighted by Crippen LogP contribution is 2.86. The van der Waals surface area contributed by atoms with Crippen LogP contribution >= 0.6 is 0 Å². The predicted octanol–water partition coefficient (Wildman–Crippen LogP) is 2.52. The van der Waals surface area contributed by atoms with Crippen LogP contribution in [0, 0.1) is 22.7 Å². The van der Waals surface area contributed by atoms with E-state index in [-0.39, 0.29) is 47.7 Å². The number of hydrogen-bond donors (Lipinski definition) is 1. The van der Waals surface area contributed by atoms with Gasteiger partial charge in [0, 0.05) is 23.9 Å². The molecule has 2 aromatic rings. The van der Waals surface area contributed by atoms with E-state index in [1.54, 1.807) is 0 Å². The predicted molar refractivity (Wildman–Crippen MR) is 120 cm³/mol. The number of piperidine rings is 1. The van der Waals surface area contributed by atoms with Crippen molar-refractivity contribution in [1.82, 2.24) is 10.2 Å². The minimum absolute atomic E-state index is 0.00288. The Morgan fingerprint density at radius 3 is 2.03 bits per heavy atom. The fraction of sp³-hybridized carbons (Fsp3) is 0.481. The minimum atomic E-state index is -0.733.